The summed E-state index contributed by atoms with van der Waals surface area (Å²) in [6.45, 7) is 9.00. The summed E-state index contributed by atoms with van der Waals surface area (Å²) < 4.78 is 10.8. The molecule has 7 nitrogen and oxygen atoms in total. The van der Waals surface area contributed by atoms with Gasteiger partial charge in [0.15, 0.2) is 17.5 Å². The minimum absolute atomic E-state index is 0.178. The Kier molecular flexibility index (Phi) is 8.42. The first-order valence-electron chi connectivity index (χ1n) is 10.0. The number of aliphatic imine (C=N–C) groups is 1. The predicted molar refractivity (Wildman–Crippen MR) is 112 cm³/mol. The van der Waals surface area contributed by atoms with Crippen molar-refractivity contribution in [2.75, 3.05) is 33.9 Å². The van der Waals surface area contributed by atoms with Gasteiger partial charge in [0.05, 0.1) is 14.2 Å². The average molecular weight is 391 g/mol. The fourth-order valence-electron chi connectivity index (χ4n) is 3.27. The number of carbonyl (C=O) groups excluding carboxylic acids is 1. The molecule has 7 heteroatoms. The number of nitrogens with one attached hydrogen (secondary N) is 2. The van der Waals surface area contributed by atoms with Crippen molar-refractivity contribution >= 4 is 11.9 Å². The standard InChI is InChI=1S/C21H34N4O3/c1-6-22-21(24-15(2)3)23-10-7-8-20(26)25-11-9-16-12-18(27-4)19(28-5)13-17(16)14-25/h12-13,15H,6-11,14H2,1-5H3,(H2,22,23,24). The lowest BCUT2D eigenvalue weighted by molar-refractivity contribution is -0.132. The summed E-state index contributed by atoms with van der Waals surface area (Å²) in [6.07, 6.45) is 2.08. The van der Waals surface area contributed by atoms with Gasteiger partial charge in [-0.05, 0) is 56.9 Å². The van der Waals surface area contributed by atoms with Crippen molar-refractivity contribution in [3.05, 3.63) is 23.3 Å². The first kappa shape index (κ1) is 21.9. The number of hydrogen-bond acceptors (Lipinski definition) is 4. The number of amides is 1. The lowest BCUT2D eigenvalue weighted by atomic mass is 9.98. The zero-order chi connectivity index (χ0) is 20.5. The van der Waals surface area contributed by atoms with Crippen LogP contribution in [0.25, 0.3) is 0 Å². The first-order chi connectivity index (χ1) is 13.5. The van der Waals surface area contributed by atoms with Gasteiger partial charge in [-0.25, -0.2) is 0 Å². The van der Waals surface area contributed by atoms with Gasteiger partial charge in [-0.2, -0.15) is 0 Å². The van der Waals surface area contributed by atoms with Crippen molar-refractivity contribution in [2.45, 2.75) is 52.6 Å². The van der Waals surface area contributed by atoms with E-state index >= 15 is 0 Å². The van der Waals surface area contributed by atoms with Crippen LogP contribution >= 0.6 is 0 Å². The van der Waals surface area contributed by atoms with Gasteiger partial charge in [0, 0.05) is 38.6 Å². The Balaban J connectivity index is 1.89. The SMILES string of the molecule is CCNC(=NCCCC(=O)N1CCc2cc(OC)c(OC)cc2C1)NC(C)C. The van der Waals surface area contributed by atoms with Crippen molar-refractivity contribution in [3.63, 3.8) is 0 Å². The molecule has 0 unspecified atom stereocenters. The fraction of sp³-hybridized carbons (Fsp3) is 0.619. The molecular formula is C21H34N4O3. The van der Waals surface area contributed by atoms with Crippen LogP contribution < -0.4 is 20.1 Å². The summed E-state index contributed by atoms with van der Waals surface area (Å²) in [5.74, 6) is 2.43. The number of carbonyl (C=O) groups is 1. The highest BCUT2D eigenvalue weighted by molar-refractivity contribution is 5.80. The number of ether oxygens (including phenoxy) is 2. The van der Waals surface area contributed by atoms with E-state index in [-0.39, 0.29) is 5.91 Å². The second kappa shape index (κ2) is 10.8. The van der Waals surface area contributed by atoms with Gasteiger partial charge in [0.1, 0.15) is 0 Å². The van der Waals surface area contributed by atoms with Crippen molar-refractivity contribution < 1.29 is 14.3 Å². The number of methoxy groups -OCH3 is 2. The molecule has 2 N–H and O–H groups in total. The quantitative estimate of drug-likeness (QED) is 0.405. The van der Waals surface area contributed by atoms with Gasteiger partial charge in [-0.1, -0.05) is 0 Å². The van der Waals surface area contributed by atoms with E-state index < -0.39 is 0 Å². The lowest BCUT2D eigenvalue weighted by Crippen LogP contribution is -2.41. The number of benzene rings is 1. The maximum absolute atomic E-state index is 12.6. The van der Waals surface area contributed by atoms with E-state index in [9.17, 15) is 4.79 Å². The molecule has 1 aliphatic heterocycles. The number of fused-ring (bicyclic) bond motifs is 1. The van der Waals surface area contributed by atoms with Crippen molar-refractivity contribution in [2.24, 2.45) is 4.99 Å². The summed E-state index contributed by atoms with van der Waals surface area (Å²) in [5, 5.41) is 6.50. The minimum Gasteiger partial charge on any atom is -0.493 e. The lowest BCUT2D eigenvalue weighted by Gasteiger charge is -2.29. The van der Waals surface area contributed by atoms with E-state index in [1.807, 2.05) is 24.0 Å². The zero-order valence-electron chi connectivity index (χ0n) is 17.8. The van der Waals surface area contributed by atoms with Crippen LogP contribution in [-0.2, 0) is 17.8 Å². The van der Waals surface area contributed by atoms with Crippen LogP contribution in [0.5, 0.6) is 11.5 Å². The van der Waals surface area contributed by atoms with Crippen molar-refractivity contribution in [3.8, 4) is 11.5 Å². The molecule has 1 aliphatic rings. The van der Waals surface area contributed by atoms with Gasteiger partial charge in [0.25, 0.3) is 0 Å². The van der Waals surface area contributed by atoms with Crippen LogP contribution in [0.1, 0.15) is 44.7 Å². The summed E-state index contributed by atoms with van der Waals surface area (Å²) in [7, 11) is 3.27. The number of hydrogen-bond donors (Lipinski definition) is 2. The molecular weight excluding hydrogens is 356 g/mol. The van der Waals surface area contributed by atoms with E-state index in [1.165, 1.54) is 5.56 Å². The molecule has 2 rings (SSSR count). The Labute approximate surface area is 168 Å². The van der Waals surface area contributed by atoms with Gasteiger partial charge in [-0.15, -0.1) is 0 Å². The maximum atomic E-state index is 12.6. The third kappa shape index (κ3) is 6.04. The first-order valence-corrected chi connectivity index (χ1v) is 10.0. The van der Waals surface area contributed by atoms with E-state index in [0.29, 0.717) is 31.3 Å². The molecule has 1 aromatic carbocycles. The topological polar surface area (TPSA) is 75.2 Å². The van der Waals surface area contributed by atoms with Crippen LogP contribution in [0.15, 0.2) is 17.1 Å². The Morgan fingerprint density at radius 3 is 2.50 bits per heavy atom. The molecule has 1 aromatic rings. The Bertz CT molecular complexity index is 688. The zero-order valence-corrected chi connectivity index (χ0v) is 17.8. The molecule has 0 aliphatic carbocycles. The largest absolute Gasteiger partial charge is 0.493 e. The fourth-order valence-corrected chi connectivity index (χ4v) is 3.27. The normalized spacial score (nSPS) is 13.9. The minimum atomic E-state index is 0.178. The van der Waals surface area contributed by atoms with Gasteiger partial charge >= 0.3 is 0 Å². The molecule has 1 amide bonds. The summed E-state index contributed by atoms with van der Waals surface area (Å²) >= 11 is 0. The van der Waals surface area contributed by atoms with Gasteiger partial charge in [0.2, 0.25) is 5.91 Å². The summed E-state index contributed by atoms with van der Waals surface area (Å²) in [4.78, 5) is 19.1. The molecule has 0 fully saturated rings. The molecule has 156 valence electrons. The highest BCUT2D eigenvalue weighted by atomic mass is 16.5. The molecule has 0 spiro atoms. The Hall–Kier alpha value is -2.44. The Morgan fingerprint density at radius 1 is 1.21 bits per heavy atom. The van der Waals surface area contributed by atoms with E-state index in [0.717, 1.165) is 43.2 Å². The summed E-state index contributed by atoms with van der Waals surface area (Å²) in [6, 6.07) is 4.33. The average Bonchev–Trinajstić information content (AvgIpc) is 2.69. The molecule has 0 radical (unpaired) electrons. The third-order valence-corrected chi connectivity index (χ3v) is 4.66. The van der Waals surface area contributed by atoms with Gasteiger partial charge in [-0.3, -0.25) is 9.79 Å². The maximum Gasteiger partial charge on any atom is 0.222 e. The highest BCUT2D eigenvalue weighted by Gasteiger charge is 2.22. The molecule has 0 saturated carbocycles. The van der Waals surface area contributed by atoms with Crippen molar-refractivity contribution in [1.82, 2.24) is 15.5 Å². The van der Waals surface area contributed by atoms with E-state index in [1.54, 1.807) is 14.2 Å². The van der Waals surface area contributed by atoms with Crippen LogP contribution in [0.3, 0.4) is 0 Å². The second-order valence-electron chi connectivity index (χ2n) is 7.20. The molecule has 0 saturated heterocycles. The van der Waals surface area contributed by atoms with Crippen LogP contribution in [-0.4, -0.2) is 56.7 Å². The van der Waals surface area contributed by atoms with Crippen LogP contribution in [0, 0.1) is 0 Å². The van der Waals surface area contributed by atoms with Crippen LogP contribution in [0.4, 0.5) is 0 Å². The molecule has 0 bridgehead atoms. The molecule has 0 atom stereocenters. The third-order valence-electron chi connectivity index (χ3n) is 4.66. The molecule has 0 aromatic heterocycles. The van der Waals surface area contributed by atoms with Gasteiger partial charge < -0.3 is 25.0 Å². The monoisotopic (exact) mass is 390 g/mol. The second-order valence-corrected chi connectivity index (χ2v) is 7.20. The number of guanidine groups is 1. The number of rotatable bonds is 8. The predicted octanol–water partition coefficient (Wildman–Crippen LogP) is 2.33. The molecule has 1 heterocycles. The Morgan fingerprint density at radius 2 is 1.89 bits per heavy atom. The molecule has 28 heavy (non-hydrogen) atoms. The summed E-state index contributed by atoms with van der Waals surface area (Å²) in [5.41, 5.74) is 2.35. The van der Waals surface area contributed by atoms with Crippen molar-refractivity contribution in [1.29, 1.82) is 0 Å². The van der Waals surface area contributed by atoms with E-state index in [4.69, 9.17) is 9.47 Å². The smallest absolute Gasteiger partial charge is 0.222 e. The van der Waals surface area contributed by atoms with Crippen LogP contribution in [0.2, 0.25) is 0 Å². The highest BCUT2D eigenvalue weighted by Crippen LogP contribution is 2.33. The number of nitrogens with zero attached hydrogens (tertiary/aromatic N) is 2. The van der Waals surface area contributed by atoms with E-state index in [2.05, 4.69) is 29.5 Å².